The van der Waals surface area contributed by atoms with Gasteiger partial charge < -0.3 is 20.1 Å². The van der Waals surface area contributed by atoms with Crippen molar-refractivity contribution in [2.75, 3.05) is 0 Å². The number of allylic oxidation sites excluding steroid dienone is 2. The number of aliphatic hydroxyl groups is 2. The van der Waals surface area contributed by atoms with E-state index in [4.69, 9.17) is 9.84 Å². The van der Waals surface area contributed by atoms with Crippen molar-refractivity contribution in [3.8, 4) is 6.07 Å². The molecule has 0 aromatic carbocycles. The maximum absolute atomic E-state index is 10.7. The fourth-order valence-corrected chi connectivity index (χ4v) is 4.22. The van der Waals surface area contributed by atoms with E-state index in [0.29, 0.717) is 37.0 Å². The Morgan fingerprint density at radius 2 is 2.14 bits per heavy atom. The number of fused-ring (bicyclic) bond motifs is 1. The number of carbonyl (C=O) groups is 1. The first-order chi connectivity index (χ1) is 13.4. The summed E-state index contributed by atoms with van der Waals surface area (Å²) in [5.41, 5.74) is 0.515. The van der Waals surface area contributed by atoms with Crippen LogP contribution in [0.4, 0.5) is 0 Å². The monoisotopic (exact) mass is 391 g/mol. The number of carboxylic acids is 1. The van der Waals surface area contributed by atoms with E-state index in [1.54, 1.807) is 6.08 Å². The minimum atomic E-state index is -0.869. The van der Waals surface area contributed by atoms with E-state index in [2.05, 4.69) is 13.0 Å². The number of hydrogen-bond acceptors (Lipinski definition) is 5. The summed E-state index contributed by atoms with van der Waals surface area (Å²) in [6, 6.07) is 2.16. The van der Waals surface area contributed by atoms with Crippen LogP contribution in [0.25, 0.3) is 0 Å². The summed E-state index contributed by atoms with van der Waals surface area (Å²) < 4.78 is 5.96. The first-order valence-electron chi connectivity index (χ1n) is 10.4. The molecule has 1 saturated heterocycles. The van der Waals surface area contributed by atoms with Gasteiger partial charge in [0.1, 0.15) is 11.9 Å². The van der Waals surface area contributed by atoms with Crippen molar-refractivity contribution in [3.63, 3.8) is 0 Å². The van der Waals surface area contributed by atoms with E-state index in [-0.39, 0.29) is 30.3 Å². The summed E-state index contributed by atoms with van der Waals surface area (Å²) in [4.78, 5) is 10.7. The van der Waals surface area contributed by atoms with Crippen molar-refractivity contribution in [2.45, 2.75) is 83.5 Å². The maximum Gasteiger partial charge on any atom is 0.303 e. The molecule has 2 fully saturated rings. The summed E-state index contributed by atoms with van der Waals surface area (Å²) in [6.45, 7) is 4.17. The molecule has 0 amide bonds. The fourth-order valence-electron chi connectivity index (χ4n) is 4.22. The molecule has 0 spiro atoms. The molecule has 2 aliphatic rings. The average molecular weight is 392 g/mol. The molecule has 6 nitrogen and oxygen atoms in total. The first kappa shape index (κ1) is 22.4. The highest BCUT2D eigenvalue weighted by atomic mass is 16.5. The van der Waals surface area contributed by atoms with Gasteiger partial charge in [-0.05, 0) is 25.2 Å². The van der Waals surface area contributed by atoms with Crippen LogP contribution in [0.15, 0.2) is 23.5 Å². The number of nitriles is 1. The van der Waals surface area contributed by atoms with Gasteiger partial charge in [0.25, 0.3) is 0 Å². The molecule has 3 N–H and O–H groups in total. The molecule has 0 radical (unpaired) electrons. The molecule has 2 rings (SSSR count). The molecular formula is C22H33NO5. The Hall–Kier alpha value is -1.84. The molecule has 0 bridgehead atoms. The van der Waals surface area contributed by atoms with Crippen LogP contribution < -0.4 is 0 Å². The lowest BCUT2D eigenvalue weighted by atomic mass is 9.89. The van der Waals surface area contributed by atoms with E-state index in [1.807, 2.05) is 13.0 Å². The molecule has 1 aliphatic carbocycles. The molecule has 6 atom stereocenters. The minimum Gasteiger partial charge on any atom is -0.493 e. The molecule has 6 heteroatoms. The van der Waals surface area contributed by atoms with Crippen molar-refractivity contribution in [1.29, 1.82) is 5.26 Å². The number of nitrogens with zero attached hydrogens (tertiary/aromatic N) is 1. The summed E-state index contributed by atoms with van der Waals surface area (Å²) in [7, 11) is 0. The fraction of sp³-hybridized carbons (Fsp3) is 0.727. The third kappa shape index (κ3) is 5.83. The topological polar surface area (TPSA) is 111 Å². The van der Waals surface area contributed by atoms with Gasteiger partial charge in [-0.1, -0.05) is 38.8 Å². The lowest BCUT2D eigenvalue weighted by Crippen LogP contribution is -2.20. The Morgan fingerprint density at radius 1 is 1.39 bits per heavy atom. The van der Waals surface area contributed by atoms with Crippen LogP contribution >= 0.6 is 0 Å². The SMILES string of the molecule is CCCC[C@H](C)[C@H](O)/C=C/[C@@H]1[C@H]2C/C(=C(\C#N)CCCC(=O)O)O[C@H]2C[C@H]1O. The second-order valence-corrected chi connectivity index (χ2v) is 8.16. The third-order valence-electron chi connectivity index (χ3n) is 6.02. The Bertz CT molecular complexity index is 635. The second kappa shape index (κ2) is 10.6. The molecule has 0 unspecified atom stereocenters. The van der Waals surface area contributed by atoms with Crippen LogP contribution in [0, 0.1) is 29.1 Å². The van der Waals surface area contributed by atoms with Crippen LogP contribution in [0.1, 0.15) is 65.2 Å². The van der Waals surface area contributed by atoms with Gasteiger partial charge in [-0.2, -0.15) is 5.26 Å². The number of carboxylic acid groups (broad SMARTS) is 1. The highest BCUT2D eigenvalue weighted by Crippen LogP contribution is 2.46. The van der Waals surface area contributed by atoms with E-state index in [9.17, 15) is 20.3 Å². The van der Waals surface area contributed by atoms with Crippen LogP contribution in [0.3, 0.4) is 0 Å². The Labute approximate surface area is 167 Å². The smallest absolute Gasteiger partial charge is 0.303 e. The van der Waals surface area contributed by atoms with Gasteiger partial charge in [-0.3, -0.25) is 4.79 Å². The number of ether oxygens (including phenoxy) is 1. The molecule has 0 aromatic rings. The van der Waals surface area contributed by atoms with Crippen molar-refractivity contribution >= 4 is 5.97 Å². The van der Waals surface area contributed by atoms with E-state index in [0.717, 1.165) is 19.3 Å². The maximum atomic E-state index is 10.7. The van der Waals surface area contributed by atoms with E-state index < -0.39 is 18.2 Å². The third-order valence-corrected chi connectivity index (χ3v) is 6.02. The number of rotatable bonds is 10. The van der Waals surface area contributed by atoms with Gasteiger partial charge >= 0.3 is 5.97 Å². The lowest BCUT2D eigenvalue weighted by molar-refractivity contribution is -0.137. The predicted molar refractivity (Wildman–Crippen MR) is 105 cm³/mol. The largest absolute Gasteiger partial charge is 0.493 e. The summed E-state index contributed by atoms with van der Waals surface area (Å²) in [5, 5.41) is 38.9. The zero-order chi connectivity index (χ0) is 20.7. The van der Waals surface area contributed by atoms with Gasteiger partial charge in [0.05, 0.1) is 23.9 Å². The number of hydrogen-bond donors (Lipinski definition) is 3. The van der Waals surface area contributed by atoms with Crippen molar-refractivity contribution < 1.29 is 24.9 Å². The van der Waals surface area contributed by atoms with Gasteiger partial charge in [-0.15, -0.1) is 0 Å². The molecule has 0 aromatic heterocycles. The van der Waals surface area contributed by atoms with Crippen molar-refractivity contribution in [1.82, 2.24) is 0 Å². The summed E-state index contributed by atoms with van der Waals surface area (Å²) in [5.74, 6) is -0.0615. The standard InChI is InChI=1S/C22H33NO5/c1-3-4-6-14(2)18(24)10-9-16-17-11-20(28-21(17)12-19(16)25)15(13-23)7-5-8-22(26)27/h9-10,14,16-19,21,24-25H,3-8,11-12H2,1-2H3,(H,26,27)/b10-9+,20-15+/t14-,16+,17+,18+,19+,21-/m0/s1. The highest BCUT2D eigenvalue weighted by Gasteiger charge is 2.47. The van der Waals surface area contributed by atoms with E-state index in [1.165, 1.54) is 0 Å². The van der Waals surface area contributed by atoms with Crippen LogP contribution in [0.2, 0.25) is 0 Å². The molecule has 156 valence electrons. The van der Waals surface area contributed by atoms with Gasteiger partial charge in [-0.25, -0.2) is 0 Å². The highest BCUT2D eigenvalue weighted by molar-refractivity contribution is 5.66. The number of unbranched alkanes of at least 4 members (excludes halogenated alkanes) is 1. The molecular weight excluding hydrogens is 358 g/mol. The zero-order valence-corrected chi connectivity index (χ0v) is 16.9. The van der Waals surface area contributed by atoms with Crippen molar-refractivity contribution in [3.05, 3.63) is 23.5 Å². The van der Waals surface area contributed by atoms with Gasteiger partial charge in [0.2, 0.25) is 0 Å². The molecule has 28 heavy (non-hydrogen) atoms. The first-order valence-corrected chi connectivity index (χ1v) is 10.4. The second-order valence-electron chi connectivity index (χ2n) is 8.16. The Morgan fingerprint density at radius 3 is 2.79 bits per heavy atom. The minimum absolute atomic E-state index is 0.0312. The Kier molecular flexibility index (Phi) is 8.53. The Balaban J connectivity index is 2.00. The van der Waals surface area contributed by atoms with Crippen LogP contribution in [-0.4, -0.2) is 39.6 Å². The number of aliphatic hydroxyl groups excluding tert-OH is 2. The zero-order valence-electron chi connectivity index (χ0n) is 16.9. The van der Waals surface area contributed by atoms with Crippen LogP contribution in [0.5, 0.6) is 0 Å². The quantitative estimate of drug-likeness (QED) is 0.388. The lowest BCUT2D eigenvalue weighted by Gasteiger charge is -2.18. The van der Waals surface area contributed by atoms with E-state index >= 15 is 0 Å². The summed E-state index contributed by atoms with van der Waals surface area (Å²) in [6.07, 6.45) is 7.65. The normalized spacial score (nSPS) is 30.5. The molecule has 1 heterocycles. The summed E-state index contributed by atoms with van der Waals surface area (Å²) >= 11 is 0. The predicted octanol–water partition coefficient (Wildman–Crippen LogP) is 3.55. The van der Waals surface area contributed by atoms with Gasteiger partial charge in [0, 0.05) is 31.1 Å². The van der Waals surface area contributed by atoms with Crippen LogP contribution in [-0.2, 0) is 9.53 Å². The molecule has 1 aliphatic heterocycles. The molecule has 1 saturated carbocycles. The average Bonchev–Trinajstić information content (AvgIpc) is 3.18. The van der Waals surface area contributed by atoms with Crippen molar-refractivity contribution in [2.24, 2.45) is 17.8 Å². The van der Waals surface area contributed by atoms with Gasteiger partial charge in [0.15, 0.2) is 0 Å². The number of aliphatic carboxylic acids is 1.